The van der Waals surface area contributed by atoms with Gasteiger partial charge in [-0.25, -0.2) is 9.97 Å². The first-order valence-electron chi connectivity index (χ1n) is 9.45. The standard InChI is InChI=1S/C24H19ClN4O/c25-21-9-5-4-8-19(21)15-26-24(30)18-10-12-20(13-11-18)29-23-14-22(27-16-28-23)17-6-2-1-3-7-17/h1-14,16H,15H2,(H,26,30)(H,27,28,29). The van der Waals surface area contributed by atoms with Crippen molar-refractivity contribution in [1.82, 2.24) is 15.3 Å². The highest BCUT2D eigenvalue weighted by molar-refractivity contribution is 6.31. The topological polar surface area (TPSA) is 66.9 Å². The third-order valence-electron chi connectivity index (χ3n) is 4.55. The molecule has 148 valence electrons. The summed E-state index contributed by atoms with van der Waals surface area (Å²) in [5, 5.41) is 6.77. The summed E-state index contributed by atoms with van der Waals surface area (Å²) < 4.78 is 0. The van der Waals surface area contributed by atoms with Crippen LogP contribution in [0.2, 0.25) is 5.02 Å². The summed E-state index contributed by atoms with van der Waals surface area (Å²) >= 11 is 6.13. The summed E-state index contributed by atoms with van der Waals surface area (Å²) in [4.78, 5) is 21.0. The van der Waals surface area contributed by atoms with Crippen LogP contribution in [0, 0.1) is 0 Å². The number of nitrogens with one attached hydrogen (secondary N) is 2. The Morgan fingerprint density at radius 2 is 1.60 bits per heavy atom. The third-order valence-corrected chi connectivity index (χ3v) is 4.92. The number of hydrogen-bond donors (Lipinski definition) is 2. The van der Waals surface area contributed by atoms with Crippen LogP contribution in [0.15, 0.2) is 91.3 Å². The fraction of sp³-hybridized carbons (Fsp3) is 0.0417. The molecule has 0 atom stereocenters. The number of anilines is 2. The second-order valence-corrected chi connectivity index (χ2v) is 7.04. The minimum Gasteiger partial charge on any atom is -0.348 e. The molecule has 0 radical (unpaired) electrons. The highest BCUT2D eigenvalue weighted by Crippen LogP contribution is 2.21. The fourth-order valence-corrected chi connectivity index (χ4v) is 3.17. The van der Waals surface area contributed by atoms with E-state index >= 15 is 0 Å². The Labute approximate surface area is 179 Å². The predicted molar refractivity (Wildman–Crippen MR) is 120 cm³/mol. The Balaban J connectivity index is 1.40. The van der Waals surface area contributed by atoms with Crippen molar-refractivity contribution in [2.75, 3.05) is 5.32 Å². The van der Waals surface area contributed by atoms with Crippen molar-refractivity contribution in [2.45, 2.75) is 6.54 Å². The van der Waals surface area contributed by atoms with Crippen LogP contribution in [0.25, 0.3) is 11.3 Å². The van der Waals surface area contributed by atoms with Crippen LogP contribution in [0.3, 0.4) is 0 Å². The molecule has 0 saturated carbocycles. The van der Waals surface area contributed by atoms with E-state index in [4.69, 9.17) is 11.6 Å². The number of halogens is 1. The Kier molecular flexibility index (Phi) is 6.01. The Hall–Kier alpha value is -3.70. The Morgan fingerprint density at radius 1 is 0.867 bits per heavy atom. The summed E-state index contributed by atoms with van der Waals surface area (Å²) in [7, 11) is 0. The van der Waals surface area contributed by atoms with Crippen molar-refractivity contribution in [3.05, 3.63) is 107 Å². The number of aromatic nitrogens is 2. The summed E-state index contributed by atoms with van der Waals surface area (Å²) in [5.74, 6) is 0.523. The first-order chi connectivity index (χ1) is 14.7. The lowest BCUT2D eigenvalue weighted by molar-refractivity contribution is 0.0951. The smallest absolute Gasteiger partial charge is 0.251 e. The molecular formula is C24H19ClN4O. The quantitative estimate of drug-likeness (QED) is 0.439. The molecule has 0 aliphatic carbocycles. The van der Waals surface area contributed by atoms with Crippen LogP contribution >= 0.6 is 11.6 Å². The summed E-state index contributed by atoms with van der Waals surface area (Å²) in [5.41, 5.74) is 4.14. The van der Waals surface area contributed by atoms with Crippen LogP contribution in [0.4, 0.5) is 11.5 Å². The lowest BCUT2D eigenvalue weighted by atomic mass is 10.1. The largest absolute Gasteiger partial charge is 0.348 e. The number of amides is 1. The molecule has 3 aromatic carbocycles. The third kappa shape index (κ3) is 4.82. The van der Waals surface area contributed by atoms with Gasteiger partial charge in [0.25, 0.3) is 5.91 Å². The molecule has 30 heavy (non-hydrogen) atoms. The van der Waals surface area contributed by atoms with Crippen LogP contribution in [0.5, 0.6) is 0 Å². The fourth-order valence-electron chi connectivity index (χ4n) is 2.96. The predicted octanol–water partition coefficient (Wildman–Crippen LogP) is 5.47. The van der Waals surface area contributed by atoms with E-state index in [1.807, 2.05) is 66.7 Å². The van der Waals surface area contributed by atoms with E-state index in [0.29, 0.717) is 22.9 Å². The number of rotatable bonds is 6. The Bertz CT molecular complexity index is 1150. The summed E-state index contributed by atoms with van der Waals surface area (Å²) in [6.07, 6.45) is 1.53. The van der Waals surface area contributed by atoms with Gasteiger partial charge in [-0.05, 0) is 35.9 Å². The van der Waals surface area contributed by atoms with Crippen molar-refractivity contribution in [2.24, 2.45) is 0 Å². The molecular weight excluding hydrogens is 396 g/mol. The molecule has 4 aromatic rings. The van der Waals surface area contributed by atoms with Gasteiger partial charge in [-0.15, -0.1) is 0 Å². The number of carbonyl (C=O) groups is 1. The summed E-state index contributed by atoms with van der Waals surface area (Å²) in [6.45, 7) is 0.377. The van der Waals surface area contributed by atoms with E-state index in [9.17, 15) is 4.79 Å². The molecule has 0 fully saturated rings. The first-order valence-corrected chi connectivity index (χ1v) is 9.83. The van der Waals surface area contributed by atoms with Gasteiger partial charge in [0.1, 0.15) is 12.1 Å². The van der Waals surface area contributed by atoms with Gasteiger partial charge in [-0.2, -0.15) is 0 Å². The molecule has 0 aliphatic rings. The van der Waals surface area contributed by atoms with Crippen molar-refractivity contribution in [3.63, 3.8) is 0 Å². The van der Waals surface area contributed by atoms with Crippen molar-refractivity contribution < 1.29 is 4.79 Å². The molecule has 1 amide bonds. The monoisotopic (exact) mass is 414 g/mol. The highest BCUT2D eigenvalue weighted by atomic mass is 35.5. The minimum absolute atomic E-state index is 0.158. The lowest BCUT2D eigenvalue weighted by Crippen LogP contribution is -2.22. The molecule has 4 rings (SSSR count). The molecule has 0 unspecified atom stereocenters. The van der Waals surface area contributed by atoms with E-state index in [2.05, 4.69) is 20.6 Å². The van der Waals surface area contributed by atoms with Gasteiger partial charge >= 0.3 is 0 Å². The first kappa shape index (κ1) is 19.6. The van der Waals surface area contributed by atoms with Crippen LogP contribution in [-0.2, 0) is 6.54 Å². The van der Waals surface area contributed by atoms with Gasteiger partial charge in [-0.3, -0.25) is 4.79 Å². The van der Waals surface area contributed by atoms with Gasteiger partial charge in [0, 0.05) is 34.4 Å². The zero-order valence-electron chi connectivity index (χ0n) is 16.0. The average molecular weight is 415 g/mol. The molecule has 0 spiro atoms. The molecule has 0 aliphatic heterocycles. The molecule has 2 N–H and O–H groups in total. The zero-order valence-corrected chi connectivity index (χ0v) is 16.8. The maximum Gasteiger partial charge on any atom is 0.251 e. The van der Waals surface area contributed by atoms with Crippen LogP contribution < -0.4 is 10.6 Å². The highest BCUT2D eigenvalue weighted by Gasteiger charge is 2.07. The van der Waals surface area contributed by atoms with Crippen LogP contribution in [-0.4, -0.2) is 15.9 Å². The zero-order chi connectivity index (χ0) is 20.8. The summed E-state index contributed by atoms with van der Waals surface area (Å²) in [6, 6.07) is 26.5. The normalized spacial score (nSPS) is 10.4. The SMILES string of the molecule is O=C(NCc1ccccc1Cl)c1ccc(Nc2cc(-c3ccccc3)ncn2)cc1. The van der Waals surface area contributed by atoms with Crippen molar-refractivity contribution in [3.8, 4) is 11.3 Å². The molecule has 0 bridgehead atoms. The van der Waals surface area contributed by atoms with E-state index in [-0.39, 0.29) is 5.91 Å². The maximum absolute atomic E-state index is 12.4. The second-order valence-electron chi connectivity index (χ2n) is 6.63. The Morgan fingerprint density at radius 3 is 2.37 bits per heavy atom. The lowest BCUT2D eigenvalue weighted by Gasteiger charge is -2.09. The number of hydrogen-bond acceptors (Lipinski definition) is 4. The molecule has 1 heterocycles. The molecule has 0 saturated heterocycles. The van der Waals surface area contributed by atoms with Gasteiger partial charge in [0.2, 0.25) is 0 Å². The van der Waals surface area contributed by atoms with Crippen molar-refractivity contribution in [1.29, 1.82) is 0 Å². The molecule has 1 aromatic heterocycles. The average Bonchev–Trinajstić information content (AvgIpc) is 2.80. The molecule has 5 nitrogen and oxygen atoms in total. The number of benzene rings is 3. The van der Waals surface area contributed by atoms with E-state index < -0.39 is 0 Å². The number of nitrogens with zero attached hydrogens (tertiary/aromatic N) is 2. The van der Waals surface area contributed by atoms with E-state index in [0.717, 1.165) is 22.5 Å². The maximum atomic E-state index is 12.4. The molecule has 6 heteroatoms. The van der Waals surface area contributed by atoms with Gasteiger partial charge in [0.05, 0.1) is 5.69 Å². The number of carbonyl (C=O) groups excluding carboxylic acids is 1. The van der Waals surface area contributed by atoms with Gasteiger partial charge in [0.15, 0.2) is 0 Å². The van der Waals surface area contributed by atoms with E-state index in [1.165, 1.54) is 6.33 Å². The van der Waals surface area contributed by atoms with Gasteiger partial charge < -0.3 is 10.6 Å². The second kappa shape index (κ2) is 9.20. The van der Waals surface area contributed by atoms with E-state index in [1.54, 1.807) is 18.2 Å². The van der Waals surface area contributed by atoms with Gasteiger partial charge in [-0.1, -0.05) is 60.1 Å². The minimum atomic E-state index is -0.158. The van der Waals surface area contributed by atoms with Crippen LogP contribution in [0.1, 0.15) is 15.9 Å². The van der Waals surface area contributed by atoms with Crippen molar-refractivity contribution >= 4 is 29.0 Å².